The van der Waals surface area contributed by atoms with E-state index in [-0.39, 0.29) is 11.7 Å². The van der Waals surface area contributed by atoms with Gasteiger partial charge in [0.05, 0.1) is 0 Å². The summed E-state index contributed by atoms with van der Waals surface area (Å²) in [4.78, 5) is 13.5. The fourth-order valence-corrected chi connectivity index (χ4v) is 2.53. The summed E-state index contributed by atoms with van der Waals surface area (Å²) in [5.41, 5.74) is -0.372. The van der Waals surface area contributed by atoms with Gasteiger partial charge >= 0.3 is 94.4 Å². The van der Waals surface area contributed by atoms with Gasteiger partial charge in [-0.3, -0.25) is 0 Å². The molecule has 0 spiro atoms. The Labute approximate surface area is 94.7 Å². The fraction of sp³-hybridized carbons (Fsp3) is 0.900. The Bertz CT molecular complexity index is 213. The van der Waals surface area contributed by atoms with Crippen molar-refractivity contribution < 1.29 is 9.53 Å². The van der Waals surface area contributed by atoms with Crippen LogP contribution in [0.4, 0.5) is 4.79 Å². The minimum absolute atomic E-state index is 0.153. The average Bonchev–Trinajstić information content (AvgIpc) is 2.01. The molecule has 1 aliphatic rings. The van der Waals surface area contributed by atoms with Crippen molar-refractivity contribution in [2.75, 3.05) is 13.1 Å². The number of piperidine rings is 1. The Morgan fingerprint density at radius 2 is 2.14 bits per heavy atom. The molecule has 1 amide bonds. The standard InChI is InChI=1S/C10H20AsNO2/c1-10(2,3)14-9(13)12-6-4-5-8(11)7-12/h8H,4-7,11H2,1-3H3/t8-/m1/s1. The SMILES string of the molecule is CC(C)(C)OC(=O)N1CCC[C@@H]([AsH2])C1. The molecule has 3 nitrogen and oxygen atoms in total. The van der Waals surface area contributed by atoms with Crippen LogP contribution in [-0.2, 0) is 4.74 Å². The second-order valence-electron chi connectivity index (χ2n) is 4.83. The summed E-state index contributed by atoms with van der Waals surface area (Å²) in [5.74, 6) is 0. The maximum absolute atomic E-state index is 11.7. The van der Waals surface area contributed by atoms with Crippen molar-refractivity contribution in [1.82, 2.24) is 4.90 Å². The summed E-state index contributed by atoms with van der Waals surface area (Å²) < 4.78 is 5.99. The van der Waals surface area contributed by atoms with Gasteiger partial charge in [-0.1, -0.05) is 0 Å². The van der Waals surface area contributed by atoms with Gasteiger partial charge in [-0.2, -0.15) is 0 Å². The van der Waals surface area contributed by atoms with E-state index < -0.39 is 0 Å². The van der Waals surface area contributed by atoms with Crippen LogP contribution in [0.25, 0.3) is 0 Å². The van der Waals surface area contributed by atoms with Crippen molar-refractivity contribution in [2.24, 2.45) is 0 Å². The van der Waals surface area contributed by atoms with Gasteiger partial charge in [0.1, 0.15) is 0 Å². The molecular formula is C10H20AsNO2. The molecule has 1 heterocycles. The Balaban J connectivity index is 2.44. The van der Waals surface area contributed by atoms with E-state index in [0.29, 0.717) is 4.71 Å². The van der Waals surface area contributed by atoms with Gasteiger partial charge in [0.2, 0.25) is 0 Å². The first kappa shape index (κ1) is 11.9. The Kier molecular flexibility index (Phi) is 3.88. The second-order valence-corrected chi connectivity index (χ2v) is 6.81. The van der Waals surface area contributed by atoms with Crippen LogP contribution in [0.1, 0.15) is 33.6 Å². The number of carbonyl (C=O) groups is 1. The molecule has 1 fully saturated rings. The maximum atomic E-state index is 11.7. The van der Waals surface area contributed by atoms with E-state index in [9.17, 15) is 4.79 Å². The third kappa shape index (κ3) is 3.91. The summed E-state index contributed by atoms with van der Waals surface area (Å²) in [6.45, 7) is 7.44. The van der Waals surface area contributed by atoms with Gasteiger partial charge < -0.3 is 0 Å². The molecule has 1 aliphatic heterocycles. The third-order valence-corrected chi connectivity index (χ3v) is 3.25. The molecule has 1 rings (SSSR count). The topological polar surface area (TPSA) is 29.5 Å². The number of amides is 1. The normalized spacial score (nSPS) is 23.4. The fourth-order valence-electron chi connectivity index (χ4n) is 1.50. The molecule has 0 aromatic carbocycles. The summed E-state index contributed by atoms with van der Waals surface area (Å²) in [5, 5.41) is 0. The van der Waals surface area contributed by atoms with Gasteiger partial charge in [0.25, 0.3) is 0 Å². The number of hydrogen-bond acceptors (Lipinski definition) is 2. The van der Waals surface area contributed by atoms with Crippen LogP contribution < -0.4 is 0 Å². The molecule has 0 radical (unpaired) electrons. The molecule has 4 heteroatoms. The van der Waals surface area contributed by atoms with Crippen molar-refractivity contribution in [2.45, 2.75) is 43.9 Å². The first-order chi connectivity index (χ1) is 6.38. The molecular weight excluding hydrogens is 241 g/mol. The molecule has 0 aromatic heterocycles. The van der Waals surface area contributed by atoms with Gasteiger partial charge in [0, 0.05) is 0 Å². The second kappa shape index (κ2) is 4.57. The Morgan fingerprint density at radius 3 is 2.64 bits per heavy atom. The zero-order valence-electron chi connectivity index (χ0n) is 9.25. The Morgan fingerprint density at radius 1 is 1.50 bits per heavy atom. The van der Waals surface area contributed by atoms with E-state index in [4.69, 9.17) is 4.74 Å². The number of hydrogen-bond donors (Lipinski definition) is 0. The molecule has 0 bridgehead atoms. The van der Waals surface area contributed by atoms with Crippen molar-refractivity contribution in [1.29, 1.82) is 0 Å². The van der Waals surface area contributed by atoms with E-state index in [1.807, 2.05) is 25.7 Å². The van der Waals surface area contributed by atoms with Crippen LogP contribution in [-0.4, -0.2) is 46.5 Å². The molecule has 2 atom stereocenters. The zero-order valence-corrected chi connectivity index (χ0v) is 11.7. The van der Waals surface area contributed by atoms with Crippen LogP contribution in [0.15, 0.2) is 0 Å². The molecule has 82 valence electrons. The molecule has 0 saturated carbocycles. The predicted octanol–water partition coefficient (Wildman–Crippen LogP) is 1.44. The molecule has 1 unspecified atom stereocenters. The average molecular weight is 261 g/mol. The molecule has 0 N–H and O–H groups in total. The third-order valence-electron chi connectivity index (χ3n) is 2.11. The number of ether oxygens (including phenoxy) is 1. The van der Waals surface area contributed by atoms with Gasteiger partial charge in [-0.05, 0) is 0 Å². The number of nitrogens with zero attached hydrogens (tertiary/aromatic N) is 1. The first-order valence-electron chi connectivity index (χ1n) is 5.12. The zero-order chi connectivity index (χ0) is 10.8. The Hall–Kier alpha value is -0.172. The van der Waals surface area contributed by atoms with Gasteiger partial charge in [0.15, 0.2) is 0 Å². The van der Waals surface area contributed by atoms with E-state index in [0.717, 1.165) is 19.5 Å². The predicted molar refractivity (Wildman–Crippen MR) is 59.3 cm³/mol. The van der Waals surface area contributed by atoms with Crippen molar-refractivity contribution in [3.8, 4) is 0 Å². The summed E-state index contributed by atoms with van der Waals surface area (Å²) in [6, 6.07) is 0. The quantitative estimate of drug-likeness (QED) is 0.617. The van der Waals surface area contributed by atoms with Crippen LogP contribution in [0.2, 0.25) is 4.71 Å². The van der Waals surface area contributed by atoms with E-state index >= 15 is 0 Å². The van der Waals surface area contributed by atoms with Crippen LogP contribution in [0.5, 0.6) is 0 Å². The van der Waals surface area contributed by atoms with Crippen LogP contribution >= 0.6 is 0 Å². The van der Waals surface area contributed by atoms with Crippen molar-refractivity contribution >= 4 is 22.9 Å². The van der Waals surface area contributed by atoms with Crippen molar-refractivity contribution in [3.05, 3.63) is 0 Å². The van der Waals surface area contributed by atoms with E-state index in [2.05, 4.69) is 0 Å². The number of likely N-dealkylation sites (tertiary alicyclic amines) is 1. The molecule has 1 saturated heterocycles. The van der Waals surface area contributed by atoms with Crippen LogP contribution in [0, 0.1) is 0 Å². The molecule has 0 aromatic rings. The van der Waals surface area contributed by atoms with Gasteiger partial charge in [-0.15, -0.1) is 0 Å². The first-order valence-corrected chi connectivity index (χ1v) is 6.52. The molecule has 14 heavy (non-hydrogen) atoms. The van der Waals surface area contributed by atoms with E-state index in [1.54, 1.807) is 16.9 Å². The van der Waals surface area contributed by atoms with Crippen LogP contribution in [0.3, 0.4) is 0 Å². The number of carbonyl (C=O) groups excluding carboxylic acids is 1. The van der Waals surface area contributed by atoms with Gasteiger partial charge in [-0.25, -0.2) is 0 Å². The minimum atomic E-state index is -0.372. The monoisotopic (exact) mass is 261 g/mol. The van der Waals surface area contributed by atoms with Crippen molar-refractivity contribution in [3.63, 3.8) is 0 Å². The summed E-state index contributed by atoms with van der Waals surface area (Å²) in [6.07, 6.45) is 2.21. The number of rotatable bonds is 0. The summed E-state index contributed by atoms with van der Waals surface area (Å²) in [7, 11) is 0. The summed E-state index contributed by atoms with van der Waals surface area (Å²) >= 11 is 1.73. The molecule has 0 aliphatic carbocycles. The van der Waals surface area contributed by atoms with E-state index in [1.165, 1.54) is 6.42 Å².